The molecule has 0 saturated heterocycles. The van der Waals surface area contributed by atoms with Crippen molar-refractivity contribution >= 4 is 39.9 Å². The Hall–Kier alpha value is -3.19. The van der Waals surface area contributed by atoms with Gasteiger partial charge in [-0.3, -0.25) is 9.59 Å². The Morgan fingerprint density at radius 3 is 2.54 bits per heavy atom. The summed E-state index contributed by atoms with van der Waals surface area (Å²) in [6, 6.07) is 11.1. The molecule has 0 radical (unpaired) electrons. The lowest BCUT2D eigenvalue weighted by Crippen LogP contribution is -2.25. The van der Waals surface area contributed by atoms with Gasteiger partial charge in [0.1, 0.15) is 0 Å². The monoisotopic (exact) mass is 371 g/mol. The average molecular weight is 372 g/mol. The van der Waals surface area contributed by atoms with Gasteiger partial charge >= 0.3 is 5.97 Å². The standard InChI is InChI=1S/C18H14ClN3O4/c1-22-17(24)12-6-4-3-5-11(12)15(21-22)16(23)20-14-9-10(18(25)26-2)7-8-13(14)19/h3-9H,1-2H3,(H,20,23). The van der Waals surface area contributed by atoms with Gasteiger partial charge in [0.05, 0.1) is 28.8 Å². The van der Waals surface area contributed by atoms with Crippen LogP contribution in [0.15, 0.2) is 47.3 Å². The number of aryl methyl sites for hydroxylation is 1. The quantitative estimate of drug-likeness (QED) is 0.715. The molecule has 3 aromatic rings. The lowest BCUT2D eigenvalue weighted by atomic mass is 10.1. The Balaban J connectivity index is 2.05. The van der Waals surface area contributed by atoms with E-state index in [0.717, 1.165) is 4.68 Å². The Morgan fingerprint density at radius 1 is 1.15 bits per heavy atom. The summed E-state index contributed by atoms with van der Waals surface area (Å²) >= 11 is 6.11. The molecule has 0 bridgehead atoms. The van der Waals surface area contributed by atoms with Crippen molar-refractivity contribution in [2.45, 2.75) is 0 Å². The minimum atomic E-state index is -0.555. The lowest BCUT2D eigenvalue weighted by Gasteiger charge is -2.11. The average Bonchev–Trinajstić information content (AvgIpc) is 2.65. The Bertz CT molecular complexity index is 1090. The first-order valence-electron chi connectivity index (χ1n) is 7.57. The molecule has 132 valence electrons. The number of nitrogens with one attached hydrogen (secondary N) is 1. The Labute approximate surface area is 153 Å². The van der Waals surface area contributed by atoms with Crippen LogP contribution in [-0.2, 0) is 11.8 Å². The highest BCUT2D eigenvalue weighted by molar-refractivity contribution is 6.34. The van der Waals surface area contributed by atoms with Crippen LogP contribution in [0.1, 0.15) is 20.8 Å². The predicted molar refractivity (Wildman–Crippen MR) is 97.7 cm³/mol. The third-order valence-electron chi connectivity index (χ3n) is 3.81. The number of carbonyl (C=O) groups excluding carboxylic acids is 2. The first-order valence-corrected chi connectivity index (χ1v) is 7.95. The van der Waals surface area contributed by atoms with Gasteiger partial charge in [-0.25, -0.2) is 9.48 Å². The van der Waals surface area contributed by atoms with E-state index < -0.39 is 11.9 Å². The summed E-state index contributed by atoms with van der Waals surface area (Å²) in [7, 11) is 2.73. The third-order valence-corrected chi connectivity index (χ3v) is 4.14. The number of fused-ring (bicyclic) bond motifs is 1. The summed E-state index contributed by atoms with van der Waals surface area (Å²) in [5.74, 6) is -1.11. The van der Waals surface area contributed by atoms with Gasteiger partial charge in [-0.15, -0.1) is 0 Å². The van der Waals surface area contributed by atoms with Crippen molar-refractivity contribution in [1.29, 1.82) is 0 Å². The molecule has 1 N–H and O–H groups in total. The highest BCUT2D eigenvalue weighted by Crippen LogP contribution is 2.24. The van der Waals surface area contributed by atoms with E-state index in [1.807, 2.05) is 0 Å². The van der Waals surface area contributed by atoms with Crippen molar-refractivity contribution in [2.24, 2.45) is 7.05 Å². The fourth-order valence-corrected chi connectivity index (χ4v) is 2.68. The Kier molecular flexibility index (Phi) is 4.73. The zero-order valence-electron chi connectivity index (χ0n) is 13.9. The SMILES string of the molecule is COC(=O)c1ccc(Cl)c(NC(=O)c2nn(C)c(=O)c3ccccc23)c1. The number of benzene rings is 2. The van der Waals surface area contributed by atoms with Gasteiger partial charge in [0.15, 0.2) is 5.69 Å². The summed E-state index contributed by atoms with van der Waals surface area (Å²) in [6.07, 6.45) is 0. The largest absolute Gasteiger partial charge is 0.465 e. The number of rotatable bonds is 3. The second-order valence-corrected chi connectivity index (χ2v) is 5.87. The summed E-state index contributed by atoms with van der Waals surface area (Å²) < 4.78 is 5.76. The number of aromatic nitrogens is 2. The fourth-order valence-electron chi connectivity index (χ4n) is 2.51. The Morgan fingerprint density at radius 2 is 1.85 bits per heavy atom. The minimum absolute atomic E-state index is 0.0715. The number of hydrogen-bond donors (Lipinski definition) is 1. The number of hydrogen-bond acceptors (Lipinski definition) is 5. The van der Waals surface area contributed by atoms with Gasteiger partial charge in [-0.2, -0.15) is 5.10 Å². The normalized spacial score (nSPS) is 10.6. The number of nitrogens with zero attached hydrogens (tertiary/aromatic N) is 2. The molecule has 1 heterocycles. The molecule has 7 nitrogen and oxygen atoms in total. The summed E-state index contributed by atoms with van der Waals surface area (Å²) in [6.45, 7) is 0. The first-order chi connectivity index (χ1) is 12.4. The van der Waals surface area contributed by atoms with Gasteiger partial charge in [-0.05, 0) is 24.3 Å². The highest BCUT2D eigenvalue weighted by atomic mass is 35.5. The summed E-state index contributed by atoms with van der Waals surface area (Å²) in [5.41, 5.74) is 0.245. The molecule has 2 aromatic carbocycles. The first kappa shape index (κ1) is 17.6. The van der Waals surface area contributed by atoms with Gasteiger partial charge in [0, 0.05) is 12.4 Å². The molecule has 3 rings (SSSR count). The maximum atomic E-state index is 12.7. The van der Waals surface area contributed by atoms with Crippen LogP contribution in [0.2, 0.25) is 5.02 Å². The van der Waals surface area contributed by atoms with Crippen LogP contribution < -0.4 is 10.9 Å². The molecule has 26 heavy (non-hydrogen) atoms. The van der Waals surface area contributed by atoms with E-state index in [0.29, 0.717) is 10.8 Å². The second kappa shape index (κ2) is 6.97. The van der Waals surface area contributed by atoms with Crippen LogP contribution in [0, 0.1) is 0 Å². The molecular formula is C18H14ClN3O4. The van der Waals surface area contributed by atoms with Crippen molar-refractivity contribution in [3.63, 3.8) is 0 Å². The number of carbonyl (C=O) groups is 2. The van der Waals surface area contributed by atoms with Gasteiger partial charge < -0.3 is 10.1 Å². The van der Waals surface area contributed by atoms with Crippen LogP contribution in [0.25, 0.3) is 10.8 Å². The highest BCUT2D eigenvalue weighted by Gasteiger charge is 2.17. The maximum absolute atomic E-state index is 12.7. The minimum Gasteiger partial charge on any atom is -0.465 e. The summed E-state index contributed by atoms with van der Waals surface area (Å²) in [4.78, 5) is 36.6. The molecule has 0 aliphatic heterocycles. The second-order valence-electron chi connectivity index (χ2n) is 5.46. The van der Waals surface area contributed by atoms with Crippen LogP contribution >= 0.6 is 11.6 Å². The van der Waals surface area contributed by atoms with Gasteiger partial charge in [0.25, 0.3) is 11.5 Å². The molecule has 8 heteroatoms. The van der Waals surface area contributed by atoms with Crippen molar-refractivity contribution in [3.05, 3.63) is 69.1 Å². The number of anilines is 1. The number of halogens is 1. The zero-order chi connectivity index (χ0) is 18.8. The fraction of sp³-hybridized carbons (Fsp3) is 0.111. The van der Waals surface area contributed by atoms with Crippen LogP contribution in [0.3, 0.4) is 0 Å². The van der Waals surface area contributed by atoms with E-state index in [1.54, 1.807) is 24.3 Å². The molecule has 0 unspecified atom stereocenters. The van der Waals surface area contributed by atoms with E-state index in [4.69, 9.17) is 11.6 Å². The molecule has 0 atom stereocenters. The zero-order valence-corrected chi connectivity index (χ0v) is 14.7. The number of ether oxygens (including phenoxy) is 1. The smallest absolute Gasteiger partial charge is 0.337 e. The number of esters is 1. The number of methoxy groups -OCH3 is 1. The van der Waals surface area contributed by atoms with E-state index in [-0.39, 0.29) is 27.5 Å². The number of amides is 1. The van der Waals surface area contributed by atoms with Crippen molar-refractivity contribution < 1.29 is 14.3 Å². The van der Waals surface area contributed by atoms with Crippen molar-refractivity contribution in [1.82, 2.24) is 9.78 Å². The van der Waals surface area contributed by atoms with E-state index in [1.165, 1.54) is 32.4 Å². The molecule has 0 aliphatic carbocycles. The molecular weight excluding hydrogens is 358 g/mol. The molecule has 1 amide bonds. The van der Waals surface area contributed by atoms with E-state index >= 15 is 0 Å². The van der Waals surface area contributed by atoms with Gasteiger partial charge in [-0.1, -0.05) is 29.8 Å². The van der Waals surface area contributed by atoms with Crippen LogP contribution in [-0.4, -0.2) is 28.8 Å². The van der Waals surface area contributed by atoms with Crippen LogP contribution in [0.5, 0.6) is 0 Å². The molecule has 0 saturated carbocycles. The van der Waals surface area contributed by atoms with Crippen molar-refractivity contribution in [2.75, 3.05) is 12.4 Å². The van der Waals surface area contributed by atoms with Gasteiger partial charge in [0.2, 0.25) is 0 Å². The molecule has 0 spiro atoms. The van der Waals surface area contributed by atoms with E-state index in [2.05, 4.69) is 15.2 Å². The molecule has 0 fully saturated rings. The molecule has 0 aliphatic rings. The van der Waals surface area contributed by atoms with E-state index in [9.17, 15) is 14.4 Å². The van der Waals surface area contributed by atoms with Crippen molar-refractivity contribution in [3.8, 4) is 0 Å². The molecule has 1 aromatic heterocycles. The summed E-state index contributed by atoms with van der Waals surface area (Å²) in [5, 5.41) is 7.74. The lowest BCUT2D eigenvalue weighted by molar-refractivity contribution is 0.0600. The maximum Gasteiger partial charge on any atom is 0.337 e. The van der Waals surface area contributed by atoms with Crippen LogP contribution in [0.4, 0.5) is 5.69 Å². The topological polar surface area (TPSA) is 90.3 Å². The predicted octanol–water partition coefficient (Wildman–Crippen LogP) is 2.63. The third kappa shape index (κ3) is 3.16.